The Morgan fingerprint density at radius 3 is 2.93 bits per heavy atom. The second-order valence-electron chi connectivity index (χ2n) is 4.52. The lowest BCUT2D eigenvalue weighted by Gasteiger charge is -2.22. The third-order valence-electron chi connectivity index (χ3n) is 3.74. The number of fused-ring (bicyclic) bond motifs is 2. The average Bonchev–Trinajstić information content (AvgIpc) is 2.75. The zero-order chi connectivity index (χ0) is 10.8. The van der Waals surface area contributed by atoms with Gasteiger partial charge in [-0.05, 0) is 32.2 Å². The second-order valence-corrected chi connectivity index (χ2v) is 4.52. The molecule has 15 heavy (non-hydrogen) atoms. The molecule has 0 amide bonds. The van der Waals surface area contributed by atoms with E-state index in [2.05, 4.69) is 10.8 Å². The van der Waals surface area contributed by atoms with Gasteiger partial charge >= 0.3 is 5.97 Å². The standard InChI is InChI=1S/C12H17NO2/c1-2-3-4-7-13-9-5-6-11(13)10(8-9)12(14)15/h1,9-11H,3-8H2,(H,14,15). The van der Waals surface area contributed by atoms with E-state index in [1.807, 2.05) is 0 Å². The molecular weight excluding hydrogens is 190 g/mol. The van der Waals surface area contributed by atoms with Gasteiger partial charge in [0.1, 0.15) is 0 Å². The summed E-state index contributed by atoms with van der Waals surface area (Å²) < 4.78 is 0. The molecule has 2 aliphatic heterocycles. The van der Waals surface area contributed by atoms with Crippen molar-refractivity contribution in [2.75, 3.05) is 6.54 Å². The maximum atomic E-state index is 11.0. The number of aliphatic carboxylic acids is 1. The van der Waals surface area contributed by atoms with Crippen LogP contribution in [0.15, 0.2) is 0 Å². The normalized spacial score (nSPS) is 34.2. The third-order valence-corrected chi connectivity index (χ3v) is 3.74. The van der Waals surface area contributed by atoms with Crippen molar-refractivity contribution in [2.24, 2.45) is 5.92 Å². The molecule has 3 heteroatoms. The number of unbranched alkanes of at least 4 members (excludes halogenated alkanes) is 1. The quantitative estimate of drug-likeness (QED) is 0.558. The Morgan fingerprint density at radius 2 is 2.33 bits per heavy atom. The van der Waals surface area contributed by atoms with Crippen molar-refractivity contribution in [3.05, 3.63) is 0 Å². The number of hydrogen-bond acceptors (Lipinski definition) is 2. The topological polar surface area (TPSA) is 40.5 Å². The molecule has 2 saturated heterocycles. The summed E-state index contributed by atoms with van der Waals surface area (Å²) in [5.74, 6) is 1.88. The van der Waals surface area contributed by atoms with Crippen molar-refractivity contribution >= 4 is 5.97 Å². The number of carboxylic acids is 1. The molecule has 1 N–H and O–H groups in total. The summed E-state index contributed by atoms with van der Waals surface area (Å²) in [7, 11) is 0. The lowest BCUT2D eigenvalue weighted by Crippen LogP contribution is -2.33. The first-order valence-corrected chi connectivity index (χ1v) is 5.66. The Morgan fingerprint density at radius 1 is 1.53 bits per heavy atom. The largest absolute Gasteiger partial charge is 0.481 e. The zero-order valence-electron chi connectivity index (χ0n) is 8.85. The van der Waals surface area contributed by atoms with Crippen molar-refractivity contribution in [2.45, 2.75) is 44.2 Å². The van der Waals surface area contributed by atoms with Crippen LogP contribution < -0.4 is 0 Å². The Balaban J connectivity index is 1.92. The van der Waals surface area contributed by atoms with Crippen LogP contribution in [-0.4, -0.2) is 34.6 Å². The summed E-state index contributed by atoms with van der Waals surface area (Å²) in [5.41, 5.74) is 0. The van der Waals surface area contributed by atoms with Gasteiger partial charge in [-0.15, -0.1) is 12.3 Å². The Kier molecular flexibility index (Phi) is 2.97. The van der Waals surface area contributed by atoms with Crippen LogP contribution in [0.25, 0.3) is 0 Å². The summed E-state index contributed by atoms with van der Waals surface area (Å²) in [5, 5.41) is 9.07. The van der Waals surface area contributed by atoms with Crippen LogP contribution >= 0.6 is 0 Å². The van der Waals surface area contributed by atoms with Crippen molar-refractivity contribution in [3.63, 3.8) is 0 Å². The molecule has 2 fully saturated rings. The average molecular weight is 207 g/mol. The van der Waals surface area contributed by atoms with Crippen LogP contribution in [0.2, 0.25) is 0 Å². The number of rotatable bonds is 4. The van der Waals surface area contributed by atoms with Crippen molar-refractivity contribution < 1.29 is 9.90 Å². The van der Waals surface area contributed by atoms with E-state index in [1.165, 1.54) is 6.42 Å². The minimum atomic E-state index is -0.621. The first-order chi connectivity index (χ1) is 7.24. The molecule has 0 saturated carbocycles. The Hall–Kier alpha value is -1.01. The van der Waals surface area contributed by atoms with E-state index >= 15 is 0 Å². The van der Waals surface area contributed by atoms with Gasteiger partial charge in [0.2, 0.25) is 0 Å². The summed E-state index contributed by atoms with van der Waals surface area (Å²) in [6.45, 7) is 0.976. The van der Waals surface area contributed by atoms with Gasteiger partial charge in [0.15, 0.2) is 0 Å². The molecule has 0 aromatic heterocycles. The molecule has 0 aromatic carbocycles. The summed E-state index contributed by atoms with van der Waals surface area (Å²) >= 11 is 0. The molecule has 2 rings (SSSR count). The number of nitrogens with zero attached hydrogens (tertiary/aromatic N) is 1. The maximum Gasteiger partial charge on any atom is 0.308 e. The lowest BCUT2D eigenvalue weighted by atomic mass is 9.89. The van der Waals surface area contributed by atoms with Gasteiger partial charge in [-0.2, -0.15) is 0 Å². The number of carboxylic acid groups (broad SMARTS) is 1. The van der Waals surface area contributed by atoms with Crippen molar-refractivity contribution in [1.82, 2.24) is 4.90 Å². The second kappa shape index (κ2) is 4.24. The molecule has 2 aliphatic rings. The molecule has 0 spiro atoms. The third kappa shape index (κ3) is 1.87. The Labute approximate surface area is 90.5 Å². The minimum Gasteiger partial charge on any atom is -0.481 e. The molecule has 82 valence electrons. The van der Waals surface area contributed by atoms with Crippen LogP contribution in [0.5, 0.6) is 0 Å². The maximum absolute atomic E-state index is 11.0. The highest BCUT2D eigenvalue weighted by Crippen LogP contribution is 2.41. The van der Waals surface area contributed by atoms with Gasteiger partial charge < -0.3 is 5.11 Å². The molecule has 3 unspecified atom stereocenters. The molecule has 2 heterocycles. The fraction of sp³-hybridized carbons (Fsp3) is 0.750. The van der Waals surface area contributed by atoms with Crippen molar-refractivity contribution in [3.8, 4) is 12.3 Å². The van der Waals surface area contributed by atoms with E-state index in [-0.39, 0.29) is 12.0 Å². The van der Waals surface area contributed by atoms with Gasteiger partial charge in [0.05, 0.1) is 5.92 Å². The summed E-state index contributed by atoms with van der Waals surface area (Å²) in [4.78, 5) is 13.4. The summed E-state index contributed by atoms with van der Waals surface area (Å²) in [6, 6.07) is 0.791. The van der Waals surface area contributed by atoms with Crippen LogP contribution in [-0.2, 0) is 4.79 Å². The highest BCUT2D eigenvalue weighted by Gasteiger charge is 2.48. The molecule has 0 aliphatic carbocycles. The molecule has 3 atom stereocenters. The van der Waals surface area contributed by atoms with Crippen LogP contribution in [0.4, 0.5) is 0 Å². The van der Waals surface area contributed by atoms with Crippen LogP contribution in [0.1, 0.15) is 32.1 Å². The number of carbonyl (C=O) groups is 1. The zero-order valence-corrected chi connectivity index (χ0v) is 8.85. The predicted molar refractivity (Wildman–Crippen MR) is 57.3 cm³/mol. The smallest absolute Gasteiger partial charge is 0.308 e. The van der Waals surface area contributed by atoms with E-state index in [0.29, 0.717) is 6.04 Å². The van der Waals surface area contributed by atoms with Gasteiger partial charge in [-0.25, -0.2) is 0 Å². The Bertz CT molecular complexity index is 294. The van der Waals surface area contributed by atoms with E-state index in [0.717, 1.165) is 32.2 Å². The first kappa shape index (κ1) is 10.5. The van der Waals surface area contributed by atoms with E-state index < -0.39 is 5.97 Å². The van der Waals surface area contributed by atoms with Crippen LogP contribution in [0.3, 0.4) is 0 Å². The van der Waals surface area contributed by atoms with E-state index in [4.69, 9.17) is 11.5 Å². The van der Waals surface area contributed by atoms with Gasteiger partial charge in [-0.1, -0.05) is 0 Å². The minimum absolute atomic E-state index is 0.130. The molecule has 0 radical (unpaired) electrons. The highest BCUT2D eigenvalue weighted by atomic mass is 16.4. The van der Waals surface area contributed by atoms with Gasteiger partial charge in [0, 0.05) is 18.5 Å². The monoisotopic (exact) mass is 207 g/mol. The van der Waals surface area contributed by atoms with Crippen LogP contribution in [0, 0.1) is 18.3 Å². The number of hydrogen-bond donors (Lipinski definition) is 1. The molecular formula is C12H17NO2. The highest BCUT2D eigenvalue weighted by molar-refractivity contribution is 5.71. The van der Waals surface area contributed by atoms with E-state index in [1.54, 1.807) is 0 Å². The predicted octanol–water partition coefficient (Wildman–Crippen LogP) is 1.34. The fourth-order valence-corrected chi connectivity index (χ4v) is 3.08. The molecule has 3 nitrogen and oxygen atoms in total. The SMILES string of the molecule is C#CCCCN1C2CCC1C(C(=O)O)C2. The molecule has 2 bridgehead atoms. The van der Waals surface area contributed by atoms with Gasteiger partial charge in [-0.3, -0.25) is 9.69 Å². The van der Waals surface area contributed by atoms with Crippen molar-refractivity contribution in [1.29, 1.82) is 0 Å². The van der Waals surface area contributed by atoms with Gasteiger partial charge in [0.25, 0.3) is 0 Å². The van der Waals surface area contributed by atoms with E-state index in [9.17, 15) is 4.79 Å². The first-order valence-electron chi connectivity index (χ1n) is 5.66. The molecule has 0 aromatic rings. The fourth-order valence-electron chi connectivity index (χ4n) is 3.08. The number of terminal acetylenes is 1. The summed E-state index contributed by atoms with van der Waals surface area (Å²) in [6.07, 6.45) is 10.1. The lowest BCUT2D eigenvalue weighted by molar-refractivity contribution is -0.142.